The van der Waals surface area contributed by atoms with Crippen molar-refractivity contribution >= 4 is 22.7 Å². The van der Waals surface area contributed by atoms with Gasteiger partial charge in [-0.1, -0.05) is 12.1 Å². The van der Waals surface area contributed by atoms with Crippen molar-refractivity contribution in [2.75, 3.05) is 11.5 Å². The maximum absolute atomic E-state index is 10.8. The third-order valence-electron chi connectivity index (χ3n) is 4.97. The summed E-state index contributed by atoms with van der Waals surface area (Å²) in [6, 6.07) is 21.9. The Morgan fingerprint density at radius 3 is 1.47 bits per heavy atom. The topological polar surface area (TPSA) is 157 Å². The smallest absolute Gasteiger partial charge is 0.269 e. The summed E-state index contributed by atoms with van der Waals surface area (Å²) in [5, 5.41) is 21.5. The van der Waals surface area contributed by atoms with Gasteiger partial charge in [0.1, 0.15) is 17.2 Å². The lowest BCUT2D eigenvalue weighted by Gasteiger charge is -2.14. The molecule has 0 atom stereocenters. The summed E-state index contributed by atoms with van der Waals surface area (Å²) in [5.74, 6) is 1.72. The van der Waals surface area contributed by atoms with Gasteiger partial charge in [-0.25, -0.2) is 0 Å². The number of nitro benzene ring substituents is 2. The second kappa shape index (κ2) is 9.17. The minimum Gasteiger partial charge on any atom is -0.457 e. The normalized spacial score (nSPS) is 10.5. The monoisotopic (exact) mass is 458 g/mol. The maximum Gasteiger partial charge on any atom is 0.269 e. The van der Waals surface area contributed by atoms with Crippen LogP contribution in [0.25, 0.3) is 11.1 Å². The molecule has 0 heterocycles. The lowest BCUT2D eigenvalue weighted by molar-refractivity contribution is -0.385. The number of nitro groups is 2. The van der Waals surface area contributed by atoms with E-state index in [1.54, 1.807) is 24.3 Å². The number of benzene rings is 4. The molecule has 0 aliphatic heterocycles. The van der Waals surface area contributed by atoms with Crippen molar-refractivity contribution < 1.29 is 19.3 Å². The van der Waals surface area contributed by atoms with E-state index >= 15 is 0 Å². The molecule has 0 saturated heterocycles. The molecule has 0 aliphatic carbocycles. The summed E-state index contributed by atoms with van der Waals surface area (Å²) in [6.45, 7) is 0. The number of hydrogen-bond acceptors (Lipinski definition) is 8. The van der Waals surface area contributed by atoms with Gasteiger partial charge in [-0.05, 0) is 54.1 Å². The first-order valence-electron chi connectivity index (χ1n) is 9.95. The molecule has 4 rings (SSSR count). The van der Waals surface area contributed by atoms with Gasteiger partial charge in [0, 0.05) is 29.8 Å². The van der Waals surface area contributed by atoms with Crippen molar-refractivity contribution in [3.63, 3.8) is 0 Å². The van der Waals surface area contributed by atoms with Crippen LogP contribution in [0.1, 0.15) is 0 Å². The Kier molecular flexibility index (Phi) is 5.95. The molecular weight excluding hydrogens is 440 g/mol. The highest BCUT2D eigenvalue weighted by atomic mass is 16.6. The van der Waals surface area contributed by atoms with E-state index in [0.29, 0.717) is 34.2 Å². The number of hydrogen-bond donors (Lipinski definition) is 2. The molecule has 4 N–H and O–H groups in total. The van der Waals surface area contributed by atoms with Crippen LogP contribution in [-0.2, 0) is 0 Å². The number of rotatable bonds is 7. The maximum atomic E-state index is 10.8. The Bertz CT molecular complexity index is 1350. The van der Waals surface area contributed by atoms with E-state index in [4.69, 9.17) is 20.9 Å². The Morgan fingerprint density at radius 1 is 0.559 bits per heavy atom. The van der Waals surface area contributed by atoms with Crippen LogP contribution in [0.3, 0.4) is 0 Å². The first-order valence-corrected chi connectivity index (χ1v) is 9.95. The molecule has 0 unspecified atom stereocenters. The number of anilines is 2. The number of nitrogens with two attached hydrogens (primary N) is 2. The molecule has 0 spiro atoms. The van der Waals surface area contributed by atoms with Crippen molar-refractivity contribution in [1.82, 2.24) is 0 Å². The highest BCUT2D eigenvalue weighted by Gasteiger charge is 2.13. The fourth-order valence-electron chi connectivity index (χ4n) is 3.19. The first kappa shape index (κ1) is 22.1. The fourth-order valence-corrected chi connectivity index (χ4v) is 3.19. The fraction of sp³-hybridized carbons (Fsp3) is 0. The molecule has 170 valence electrons. The van der Waals surface area contributed by atoms with Gasteiger partial charge in [-0.2, -0.15) is 0 Å². The van der Waals surface area contributed by atoms with Crippen LogP contribution in [0, 0.1) is 20.2 Å². The molecule has 0 aromatic heterocycles. The molecule has 0 aliphatic rings. The number of nitrogens with zero attached hydrogens (tertiary/aromatic N) is 2. The number of nitrogen functional groups attached to an aromatic ring is 2. The van der Waals surface area contributed by atoms with Gasteiger partial charge >= 0.3 is 0 Å². The highest BCUT2D eigenvalue weighted by Crippen LogP contribution is 2.39. The van der Waals surface area contributed by atoms with Crippen LogP contribution >= 0.6 is 0 Å². The van der Waals surface area contributed by atoms with E-state index in [2.05, 4.69) is 0 Å². The first-order chi connectivity index (χ1) is 16.3. The standard InChI is InChI=1S/C24H18N4O6/c25-23-21(13-14-22(24(23)26)34-20-11-5-17(6-12-20)28(31)32)15-1-7-18(8-2-15)33-19-9-3-16(4-10-19)27(29)30/h1-14H,25-26H2. The average molecular weight is 458 g/mol. The van der Waals surface area contributed by atoms with Crippen LogP contribution in [0.15, 0.2) is 84.9 Å². The Balaban J connectivity index is 1.50. The van der Waals surface area contributed by atoms with Crippen LogP contribution in [-0.4, -0.2) is 9.85 Å². The van der Waals surface area contributed by atoms with E-state index in [0.717, 1.165) is 5.56 Å². The van der Waals surface area contributed by atoms with Crippen LogP contribution in [0.2, 0.25) is 0 Å². The van der Waals surface area contributed by atoms with E-state index < -0.39 is 9.85 Å². The molecule has 34 heavy (non-hydrogen) atoms. The van der Waals surface area contributed by atoms with Crippen molar-refractivity contribution in [2.24, 2.45) is 0 Å². The molecule has 0 bridgehead atoms. The molecule has 10 heteroatoms. The summed E-state index contributed by atoms with van der Waals surface area (Å²) in [6.07, 6.45) is 0. The van der Waals surface area contributed by atoms with Crippen molar-refractivity contribution in [3.8, 4) is 34.1 Å². The van der Waals surface area contributed by atoms with Gasteiger partial charge < -0.3 is 20.9 Å². The molecular formula is C24H18N4O6. The molecule has 10 nitrogen and oxygen atoms in total. The summed E-state index contributed by atoms with van der Waals surface area (Å²) < 4.78 is 11.5. The van der Waals surface area contributed by atoms with Crippen molar-refractivity contribution in [1.29, 1.82) is 0 Å². The van der Waals surface area contributed by atoms with Gasteiger partial charge in [-0.15, -0.1) is 0 Å². The lowest BCUT2D eigenvalue weighted by atomic mass is 10.0. The van der Waals surface area contributed by atoms with Crippen LogP contribution in [0.4, 0.5) is 22.7 Å². The predicted octanol–water partition coefficient (Wildman–Crippen LogP) is 5.92. The summed E-state index contributed by atoms with van der Waals surface area (Å²) in [5.41, 5.74) is 14.4. The third-order valence-corrected chi connectivity index (χ3v) is 4.97. The summed E-state index contributed by atoms with van der Waals surface area (Å²) >= 11 is 0. The molecule has 4 aromatic rings. The number of non-ortho nitro benzene ring substituents is 2. The zero-order valence-electron chi connectivity index (χ0n) is 17.6. The van der Waals surface area contributed by atoms with E-state index in [1.807, 2.05) is 12.1 Å². The Hall–Kier alpha value is -5.12. The third kappa shape index (κ3) is 4.70. The minimum atomic E-state index is -0.493. The lowest BCUT2D eigenvalue weighted by Crippen LogP contribution is -2.00. The van der Waals surface area contributed by atoms with E-state index in [-0.39, 0.29) is 17.1 Å². The van der Waals surface area contributed by atoms with Crippen LogP contribution in [0.5, 0.6) is 23.0 Å². The Labute approximate surface area is 193 Å². The summed E-state index contributed by atoms with van der Waals surface area (Å²) in [4.78, 5) is 20.6. The summed E-state index contributed by atoms with van der Waals surface area (Å²) in [7, 11) is 0. The average Bonchev–Trinajstić information content (AvgIpc) is 2.83. The second-order valence-corrected chi connectivity index (χ2v) is 7.17. The van der Waals surface area contributed by atoms with Crippen molar-refractivity contribution in [2.45, 2.75) is 0 Å². The zero-order valence-corrected chi connectivity index (χ0v) is 17.6. The van der Waals surface area contributed by atoms with Crippen molar-refractivity contribution in [3.05, 3.63) is 105 Å². The quantitative estimate of drug-likeness (QED) is 0.196. The SMILES string of the molecule is Nc1c(Oc2ccc([N+](=O)[O-])cc2)ccc(-c2ccc(Oc3ccc([N+](=O)[O-])cc3)cc2)c1N. The van der Waals surface area contributed by atoms with E-state index in [1.165, 1.54) is 48.5 Å². The predicted molar refractivity (Wildman–Crippen MR) is 127 cm³/mol. The minimum absolute atomic E-state index is 0.0169. The highest BCUT2D eigenvalue weighted by molar-refractivity contribution is 5.87. The van der Waals surface area contributed by atoms with Gasteiger partial charge in [0.2, 0.25) is 0 Å². The molecule has 0 amide bonds. The zero-order chi connectivity index (χ0) is 24.2. The van der Waals surface area contributed by atoms with E-state index in [9.17, 15) is 20.2 Å². The molecule has 0 fully saturated rings. The molecule has 0 saturated carbocycles. The largest absolute Gasteiger partial charge is 0.457 e. The van der Waals surface area contributed by atoms with Gasteiger partial charge in [0.15, 0.2) is 5.75 Å². The second-order valence-electron chi connectivity index (χ2n) is 7.17. The molecule has 0 radical (unpaired) electrons. The molecule has 4 aromatic carbocycles. The van der Waals surface area contributed by atoms with Gasteiger partial charge in [-0.3, -0.25) is 20.2 Å². The van der Waals surface area contributed by atoms with Gasteiger partial charge in [0.25, 0.3) is 11.4 Å². The van der Waals surface area contributed by atoms with Crippen LogP contribution < -0.4 is 20.9 Å². The van der Waals surface area contributed by atoms with Gasteiger partial charge in [0.05, 0.1) is 21.2 Å². The Morgan fingerprint density at radius 2 is 1.00 bits per heavy atom. The number of ether oxygens (including phenoxy) is 2.